The van der Waals surface area contributed by atoms with E-state index in [1.807, 2.05) is 5.32 Å². The van der Waals surface area contributed by atoms with Crippen molar-refractivity contribution in [2.45, 2.75) is 12.2 Å². The van der Waals surface area contributed by atoms with E-state index in [2.05, 4.69) is 5.73 Å². The first kappa shape index (κ1) is 12.0. The van der Waals surface area contributed by atoms with Crippen LogP contribution in [-0.2, 0) is 15.6 Å². The number of carbonyl (C=O) groups is 2. The van der Waals surface area contributed by atoms with Gasteiger partial charge in [-0.2, -0.15) is 0 Å². The molecule has 0 heterocycles. The molecule has 0 aromatic heterocycles. The van der Waals surface area contributed by atoms with Gasteiger partial charge >= 0.3 is 6.03 Å². The highest BCUT2D eigenvalue weighted by molar-refractivity contribution is 7.86. The van der Waals surface area contributed by atoms with E-state index in [1.54, 1.807) is 6.92 Å². The van der Waals surface area contributed by atoms with Gasteiger partial charge in [-0.1, -0.05) is 0 Å². The van der Waals surface area contributed by atoms with E-state index in [-0.39, 0.29) is 17.5 Å². The minimum absolute atomic E-state index is 0.233. The molecule has 7 heteroatoms. The summed E-state index contributed by atoms with van der Waals surface area (Å²) >= 11 is 0. The van der Waals surface area contributed by atoms with Crippen molar-refractivity contribution in [1.29, 1.82) is 0 Å². The molecule has 0 aromatic carbocycles. The molecule has 76 valence electrons. The standard InChI is InChI=1S/C6H13N3O3S/c1-4(2-7)13(12)3-5(10)9-6(8)11/h4H,2-3,7H2,1H3,(H3,8,9,10,11). The Labute approximate surface area is 78.5 Å². The molecule has 0 saturated carbocycles. The minimum atomic E-state index is -1.36. The van der Waals surface area contributed by atoms with Gasteiger partial charge in [-0.05, 0) is 6.92 Å². The van der Waals surface area contributed by atoms with Crippen molar-refractivity contribution in [3.05, 3.63) is 0 Å². The first-order chi connectivity index (χ1) is 5.97. The molecule has 13 heavy (non-hydrogen) atoms. The smallest absolute Gasteiger partial charge is 0.318 e. The Kier molecular flexibility index (Phi) is 5.24. The van der Waals surface area contributed by atoms with Gasteiger partial charge in [0.1, 0.15) is 5.75 Å². The van der Waals surface area contributed by atoms with Crippen molar-refractivity contribution in [2.24, 2.45) is 11.5 Å². The Balaban J connectivity index is 3.92. The zero-order valence-corrected chi connectivity index (χ0v) is 8.10. The summed E-state index contributed by atoms with van der Waals surface area (Å²) in [7, 11) is -1.36. The first-order valence-electron chi connectivity index (χ1n) is 3.64. The zero-order valence-electron chi connectivity index (χ0n) is 7.28. The number of urea groups is 1. The van der Waals surface area contributed by atoms with Crippen LogP contribution in [0.3, 0.4) is 0 Å². The lowest BCUT2D eigenvalue weighted by molar-refractivity contribution is -0.117. The summed E-state index contributed by atoms with van der Waals surface area (Å²) in [5.74, 6) is -0.896. The van der Waals surface area contributed by atoms with Crippen LogP contribution in [0.15, 0.2) is 0 Å². The third kappa shape index (κ3) is 5.31. The Bertz CT molecular complexity index is 231. The Morgan fingerprint density at radius 1 is 1.54 bits per heavy atom. The Hall–Kier alpha value is -0.950. The molecular formula is C6H13N3O3S. The van der Waals surface area contributed by atoms with Crippen molar-refractivity contribution in [2.75, 3.05) is 12.3 Å². The minimum Gasteiger partial charge on any atom is -0.351 e. The van der Waals surface area contributed by atoms with Gasteiger partial charge in [-0.25, -0.2) is 4.79 Å². The number of hydrogen-bond donors (Lipinski definition) is 3. The summed E-state index contributed by atoms with van der Waals surface area (Å²) in [6.07, 6.45) is 0. The maximum absolute atomic E-state index is 11.2. The highest BCUT2D eigenvalue weighted by atomic mass is 32.2. The van der Waals surface area contributed by atoms with Crippen LogP contribution in [0.5, 0.6) is 0 Å². The van der Waals surface area contributed by atoms with Gasteiger partial charge < -0.3 is 11.5 Å². The number of amides is 3. The third-order valence-electron chi connectivity index (χ3n) is 1.32. The van der Waals surface area contributed by atoms with Crippen molar-refractivity contribution < 1.29 is 13.8 Å². The summed E-state index contributed by atoms with van der Waals surface area (Å²) in [6, 6.07) is -0.942. The molecule has 0 rings (SSSR count). The summed E-state index contributed by atoms with van der Waals surface area (Å²) in [4.78, 5) is 21.0. The van der Waals surface area contributed by atoms with E-state index in [0.717, 1.165) is 0 Å². The van der Waals surface area contributed by atoms with E-state index in [0.29, 0.717) is 0 Å². The topological polar surface area (TPSA) is 115 Å². The van der Waals surface area contributed by atoms with Crippen molar-refractivity contribution >= 4 is 22.7 Å². The van der Waals surface area contributed by atoms with E-state index in [9.17, 15) is 13.8 Å². The normalized spacial score (nSPS) is 14.6. The van der Waals surface area contributed by atoms with Crippen LogP contribution >= 0.6 is 0 Å². The van der Waals surface area contributed by atoms with Crippen LogP contribution in [0.25, 0.3) is 0 Å². The lowest BCUT2D eigenvalue weighted by Crippen LogP contribution is -2.39. The zero-order chi connectivity index (χ0) is 10.4. The molecule has 0 aliphatic rings. The van der Waals surface area contributed by atoms with Crippen molar-refractivity contribution in [3.8, 4) is 0 Å². The predicted molar refractivity (Wildman–Crippen MR) is 49.3 cm³/mol. The number of primary amides is 1. The molecule has 0 saturated heterocycles. The largest absolute Gasteiger partial charge is 0.351 e. The molecule has 2 atom stereocenters. The van der Waals surface area contributed by atoms with E-state index in [1.165, 1.54) is 0 Å². The number of nitrogens with two attached hydrogens (primary N) is 2. The Morgan fingerprint density at radius 3 is 2.46 bits per heavy atom. The maximum Gasteiger partial charge on any atom is 0.318 e. The van der Waals surface area contributed by atoms with Gasteiger partial charge in [-0.15, -0.1) is 0 Å². The van der Waals surface area contributed by atoms with Crippen LogP contribution < -0.4 is 16.8 Å². The number of imide groups is 1. The van der Waals surface area contributed by atoms with Gasteiger partial charge in [0.2, 0.25) is 5.91 Å². The fraction of sp³-hybridized carbons (Fsp3) is 0.667. The van der Waals surface area contributed by atoms with Crippen LogP contribution in [0, 0.1) is 0 Å². The molecule has 0 aliphatic carbocycles. The van der Waals surface area contributed by atoms with Crippen molar-refractivity contribution in [3.63, 3.8) is 0 Å². The molecule has 3 amide bonds. The van der Waals surface area contributed by atoms with Crippen LogP contribution in [-0.4, -0.2) is 33.7 Å². The molecule has 0 radical (unpaired) electrons. The summed E-state index contributed by atoms with van der Waals surface area (Å²) in [5, 5.41) is 1.55. The summed E-state index contributed by atoms with van der Waals surface area (Å²) < 4.78 is 11.2. The molecule has 0 bridgehead atoms. The quantitative estimate of drug-likeness (QED) is 0.508. The molecule has 0 spiro atoms. The summed E-state index contributed by atoms with van der Waals surface area (Å²) in [6.45, 7) is 1.89. The van der Waals surface area contributed by atoms with E-state index < -0.39 is 22.7 Å². The van der Waals surface area contributed by atoms with E-state index >= 15 is 0 Å². The Morgan fingerprint density at radius 2 is 2.08 bits per heavy atom. The molecular weight excluding hydrogens is 194 g/mol. The number of carbonyl (C=O) groups excluding carboxylic acids is 2. The SMILES string of the molecule is CC(CN)S(=O)CC(=O)NC(N)=O. The van der Waals surface area contributed by atoms with Crippen LogP contribution in [0.4, 0.5) is 4.79 Å². The average Bonchev–Trinajstić information content (AvgIpc) is 2.01. The molecule has 0 aromatic rings. The van der Waals surface area contributed by atoms with Gasteiger partial charge in [0, 0.05) is 22.6 Å². The molecule has 6 nitrogen and oxygen atoms in total. The average molecular weight is 207 g/mol. The monoisotopic (exact) mass is 207 g/mol. The van der Waals surface area contributed by atoms with E-state index in [4.69, 9.17) is 5.73 Å². The van der Waals surface area contributed by atoms with Crippen LogP contribution in [0.1, 0.15) is 6.92 Å². The number of rotatable bonds is 4. The number of hydrogen-bond acceptors (Lipinski definition) is 4. The third-order valence-corrected chi connectivity index (χ3v) is 2.95. The molecule has 0 fully saturated rings. The second-order valence-electron chi connectivity index (χ2n) is 2.48. The van der Waals surface area contributed by atoms with Gasteiger partial charge in [0.15, 0.2) is 0 Å². The van der Waals surface area contributed by atoms with Gasteiger partial charge in [-0.3, -0.25) is 14.3 Å². The molecule has 0 aliphatic heterocycles. The predicted octanol–water partition coefficient (Wildman–Crippen LogP) is -1.72. The lowest BCUT2D eigenvalue weighted by atomic mass is 10.5. The second kappa shape index (κ2) is 5.65. The fourth-order valence-corrected chi connectivity index (χ4v) is 1.38. The summed E-state index contributed by atoms with van der Waals surface area (Å²) in [5.41, 5.74) is 9.92. The second-order valence-corrected chi connectivity index (χ2v) is 4.34. The van der Waals surface area contributed by atoms with Crippen molar-refractivity contribution in [1.82, 2.24) is 5.32 Å². The van der Waals surface area contributed by atoms with Crippen LogP contribution in [0.2, 0.25) is 0 Å². The van der Waals surface area contributed by atoms with Gasteiger partial charge in [0.25, 0.3) is 0 Å². The maximum atomic E-state index is 11.2. The highest BCUT2D eigenvalue weighted by Gasteiger charge is 2.14. The lowest BCUT2D eigenvalue weighted by Gasteiger charge is -2.07. The number of nitrogens with one attached hydrogen (secondary N) is 1. The molecule has 2 unspecified atom stereocenters. The first-order valence-corrected chi connectivity index (χ1v) is 5.02. The fourth-order valence-electron chi connectivity index (χ4n) is 0.552. The highest BCUT2D eigenvalue weighted by Crippen LogP contribution is 1.92. The van der Waals surface area contributed by atoms with Gasteiger partial charge in [0.05, 0.1) is 0 Å². The molecule has 5 N–H and O–H groups in total.